The molecule has 154 valence electrons. The average Bonchev–Trinajstić information content (AvgIpc) is 2.72. The number of hydrogen-bond acceptors (Lipinski definition) is 8. The van der Waals surface area contributed by atoms with Gasteiger partial charge in [0.2, 0.25) is 5.76 Å². The van der Waals surface area contributed by atoms with Crippen LogP contribution >= 0.6 is 0 Å². The summed E-state index contributed by atoms with van der Waals surface area (Å²) in [5.41, 5.74) is -2.81. The second-order valence-electron chi connectivity index (χ2n) is 6.28. The maximum Gasteiger partial charge on any atom is 0.408 e. The Morgan fingerprint density at radius 2 is 1.34 bits per heavy atom. The Kier molecular flexibility index (Phi) is 7.08. The van der Waals surface area contributed by atoms with Crippen molar-refractivity contribution in [2.24, 2.45) is 0 Å². The molecule has 4 atom stereocenters. The van der Waals surface area contributed by atoms with Crippen LogP contribution in [0.5, 0.6) is 0 Å². The predicted molar refractivity (Wildman–Crippen MR) is 104 cm³/mol. The fraction of sp³-hybridized carbons (Fsp3) is 0.200. The van der Waals surface area contributed by atoms with Crippen LogP contribution in [0.2, 0.25) is 0 Å². The van der Waals surface area contributed by atoms with Crippen molar-refractivity contribution in [3.05, 3.63) is 93.4 Å². The van der Waals surface area contributed by atoms with E-state index >= 15 is 0 Å². The lowest BCUT2D eigenvalue weighted by molar-refractivity contribution is -0.632. The first-order valence-electron chi connectivity index (χ1n) is 8.50. The lowest BCUT2D eigenvalue weighted by Gasteiger charge is -2.29. The zero-order chi connectivity index (χ0) is 21.6. The van der Waals surface area contributed by atoms with Crippen LogP contribution in [0.25, 0.3) is 12.2 Å². The lowest BCUT2D eigenvalue weighted by Crippen LogP contribution is -2.58. The van der Waals surface area contributed by atoms with E-state index in [4.69, 9.17) is 0 Å². The summed E-state index contributed by atoms with van der Waals surface area (Å²) < 4.78 is 0. The van der Waals surface area contributed by atoms with Crippen molar-refractivity contribution >= 4 is 12.2 Å². The van der Waals surface area contributed by atoms with Crippen molar-refractivity contribution in [2.75, 3.05) is 0 Å². The van der Waals surface area contributed by atoms with E-state index in [1.54, 1.807) is 48.5 Å². The van der Waals surface area contributed by atoms with E-state index < -0.39 is 40.5 Å². The summed E-state index contributed by atoms with van der Waals surface area (Å²) in [5, 5.41) is 72.2. The highest BCUT2D eigenvalue weighted by Crippen LogP contribution is 2.27. The molecule has 0 heterocycles. The van der Waals surface area contributed by atoms with Gasteiger partial charge in [0.05, 0.1) is 4.92 Å². The van der Waals surface area contributed by atoms with Gasteiger partial charge in [-0.15, -0.1) is 0 Å². The van der Waals surface area contributed by atoms with Crippen LogP contribution in [0.3, 0.4) is 0 Å². The van der Waals surface area contributed by atoms with Crippen LogP contribution in [0.4, 0.5) is 0 Å². The summed E-state index contributed by atoms with van der Waals surface area (Å²) in [7, 11) is 0. The van der Waals surface area contributed by atoms with Gasteiger partial charge in [-0.05, 0) is 23.3 Å². The molecule has 29 heavy (non-hydrogen) atoms. The number of nitrogens with zero attached hydrogens (tertiary/aromatic N) is 1. The van der Waals surface area contributed by atoms with Gasteiger partial charge in [-0.3, -0.25) is 10.1 Å². The molecule has 2 aromatic rings. The first kappa shape index (κ1) is 22.1. The Morgan fingerprint density at radius 1 is 0.897 bits per heavy atom. The molecule has 0 aliphatic carbocycles. The second kappa shape index (κ2) is 9.30. The standard InChI is InChI=1S/C20H21NO8/c22-15(11-13-7-3-1-4-8-13)17(24)18(25)19(26)20(27,21(28)29)16(23)12-14-9-5-2-6-10-14/h1-12,17-19,22-27H/t17-,18-,19+,20+/m1/s1. The number of aliphatic hydroxyl groups excluding tert-OH is 5. The van der Waals surface area contributed by atoms with E-state index in [1.165, 1.54) is 12.1 Å². The molecule has 0 aliphatic rings. The highest BCUT2D eigenvalue weighted by molar-refractivity contribution is 5.53. The van der Waals surface area contributed by atoms with Crippen LogP contribution in [0.15, 0.2) is 72.2 Å². The molecule has 0 aliphatic heterocycles. The number of rotatable bonds is 8. The predicted octanol–water partition coefficient (Wildman–Crippen LogP) is 1.23. The minimum Gasteiger partial charge on any atom is -0.509 e. The summed E-state index contributed by atoms with van der Waals surface area (Å²) in [6, 6.07) is 15.9. The third kappa shape index (κ3) is 4.98. The monoisotopic (exact) mass is 403 g/mol. The molecule has 2 rings (SSSR count). The van der Waals surface area contributed by atoms with Crippen molar-refractivity contribution < 1.29 is 35.6 Å². The molecule has 9 nitrogen and oxygen atoms in total. The molecular formula is C20H21NO8. The molecule has 9 heteroatoms. The zero-order valence-electron chi connectivity index (χ0n) is 15.1. The minimum absolute atomic E-state index is 0.277. The smallest absolute Gasteiger partial charge is 0.408 e. The third-order valence-corrected chi connectivity index (χ3v) is 4.23. The maximum atomic E-state index is 11.4. The highest BCUT2D eigenvalue weighted by atomic mass is 16.7. The van der Waals surface area contributed by atoms with Gasteiger partial charge < -0.3 is 30.6 Å². The van der Waals surface area contributed by atoms with Gasteiger partial charge in [-0.1, -0.05) is 60.7 Å². The third-order valence-electron chi connectivity index (χ3n) is 4.23. The SMILES string of the molecule is O=[N+]([O-])[C@](O)(C(O)=Cc1ccccc1)[C@@H](O)[C@H](O)[C@H](O)C(O)=Cc1ccccc1. The van der Waals surface area contributed by atoms with Crippen molar-refractivity contribution in [1.29, 1.82) is 0 Å². The summed E-state index contributed by atoms with van der Waals surface area (Å²) >= 11 is 0. The topological polar surface area (TPSA) is 165 Å². The first-order chi connectivity index (χ1) is 13.7. The molecule has 6 N–H and O–H groups in total. The number of benzene rings is 2. The Morgan fingerprint density at radius 3 is 1.79 bits per heavy atom. The number of aliphatic hydroxyl groups is 6. The average molecular weight is 403 g/mol. The quantitative estimate of drug-likeness (QED) is 0.166. The molecule has 0 fully saturated rings. The summed E-state index contributed by atoms with van der Waals surface area (Å²) in [6.45, 7) is 0. The van der Waals surface area contributed by atoms with Crippen LogP contribution in [-0.2, 0) is 0 Å². The van der Waals surface area contributed by atoms with E-state index in [0.29, 0.717) is 5.56 Å². The molecule has 0 spiro atoms. The van der Waals surface area contributed by atoms with Gasteiger partial charge in [-0.25, -0.2) is 0 Å². The van der Waals surface area contributed by atoms with Crippen LogP contribution in [0.1, 0.15) is 11.1 Å². The summed E-state index contributed by atoms with van der Waals surface area (Å²) in [6.07, 6.45) is -5.35. The minimum atomic E-state index is -3.54. The van der Waals surface area contributed by atoms with E-state index in [2.05, 4.69) is 0 Å². The van der Waals surface area contributed by atoms with E-state index in [-0.39, 0.29) is 5.56 Å². The number of nitro groups is 1. The molecule has 0 radical (unpaired) electrons. The molecule has 2 aromatic carbocycles. The Hall–Kier alpha value is -3.24. The fourth-order valence-corrected chi connectivity index (χ4v) is 2.56. The normalized spacial score (nSPS) is 17.8. The molecule has 0 amide bonds. The maximum absolute atomic E-state index is 11.4. The van der Waals surface area contributed by atoms with Crippen molar-refractivity contribution in [3.8, 4) is 0 Å². The molecule has 0 bridgehead atoms. The van der Waals surface area contributed by atoms with Crippen LogP contribution < -0.4 is 0 Å². The fourth-order valence-electron chi connectivity index (χ4n) is 2.56. The molecular weight excluding hydrogens is 382 g/mol. The van der Waals surface area contributed by atoms with Gasteiger partial charge in [0.25, 0.3) is 0 Å². The van der Waals surface area contributed by atoms with E-state index in [1.807, 2.05) is 0 Å². The summed E-state index contributed by atoms with van der Waals surface area (Å²) in [5.74, 6) is -2.07. The molecule has 0 unspecified atom stereocenters. The second-order valence-corrected chi connectivity index (χ2v) is 6.28. The molecule has 0 saturated heterocycles. The summed E-state index contributed by atoms with van der Waals surface area (Å²) in [4.78, 5) is 10.0. The van der Waals surface area contributed by atoms with Crippen LogP contribution in [-0.4, -0.2) is 59.6 Å². The van der Waals surface area contributed by atoms with Gasteiger partial charge in [0, 0.05) is 0 Å². The van der Waals surface area contributed by atoms with Crippen molar-refractivity contribution in [2.45, 2.75) is 24.0 Å². The van der Waals surface area contributed by atoms with Gasteiger partial charge in [-0.2, -0.15) is 0 Å². The Bertz CT molecular complexity index is 884. The van der Waals surface area contributed by atoms with Crippen molar-refractivity contribution in [3.63, 3.8) is 0 Å². The van der Waals surface area contributed by atoms with Crippen LogP contribution in [0, 0.1) is 10.1 Å². The van der Waals surface area contributed by atoms with Gasteiger partial charge in [0.1, 0.15) is 18.0 Å². The molecule has 0 aromatic heterocycles. The van der Waals surface area contributed by atoms with Crippen molar-refractivity contribution in [1.82, 2.24) is 0 Å². The Labute approximate surface area is 165 Å². The lowest BCUT2D eigenvalue weighted by atomic mass is 9.94. The van der Waals surface area contributed by atoms with Gasteiger partial charge >= 0.3 is 5.72 Å². The first-order valence-corrected chi connectivity index (χ1v) is 8.50. The highest BCUT2D eigenvalue weighted by Gasteiger charge is 2.57. The van der Waals surface area contributed by atoms with Gasteiger partial charge in [0.15, 0.2) is 6.10 Å². The largest absolute Gasteiger partial charge is 0.509 e. The Balaban J connectivity index is 2.31. The van der Waals surface area contributed by atoms with E-state index in [0.717, 1.165) is 12.2 Å². The number of hydrogen-bond donors (Lipinski definition) is 6. The molecule has 0 saturated carbocycles. The van der Waals surface area contributed by atoms with E-state index in [9.17, 15) is 40.8 Å². The zero-order valence-corrected chi connectivity index (χ0v) is 15.1.